The summed E-state index contributed by atoms with van der Waals surface area (Å²) >= 11 is 0. The van der Waals surface area contributed by atoms with Crippen LogP contribution in [0.25, 0.3) is 0 Å². The molecule has 0 aromatic carbocycles. The van der Waals surface area contributed by atoms with Crippen LogP contribution in [0.4, 0.5) is 0 Å². The Bertz CT molecular complexity index is 225. The van der Waals surface area contributed by atoms with Crippen LogP contribution in [-0.4, -0.2) is 37.2 Å². The summed E-state index contributed by atoms with van der Waals surface area (Å²) in [5.41, 5.74) is 4.36. The molecule has 74 valence electrons. The third kappa shape index (κ3) is 2.90. The maximum Gasteiger partial charge on any atom is 0.150 e. The van der Waals surface area contributed by atoms with Crippen molar-refractivity contribution < 1.29 is 13.5 Å². The number of sulfone groups is 1. The number of nitrogens with two attached hydrogens (primary N) is 1. The fourth-order valence-corrected chi connectivity index (χ4v) is 2.71. The van der Waals surface area contributed by atoms with E-state index in [9.17, 15) is 13.5 Å². The summed E-state index contributed by atoms with van der Waals surface area (Å²) in [6, 6.07) is 0. The second-order valence-electron chi connectivity index (χ2n) is 3.08. The Morgan fingerprint density at radius 1 is 1.33 bits per heavy atom. The fraction of sp³-hybridized carbons (Fsp3) is 1.00. The minimum Gasteiger partial charge on any atom is -0.389 e. The molecule has 3 N–H and O–H groups in total. The summed E-state index contributed by atoms with van der Waals surface area (Å²) in [6.45, 7) is 0.155. The van der Waals surface area contributed by atoms with Crippen LogP contribution in [0, 0.1) is 0 Å². The summed E-state index contributed by atoms with van der Waals surface area (Å²) in [5, 5.41) is 9.52. The minimum atomic E-state index is -2.88. The van der Waals surface area contributed by atoms with E-state index in [2.05, 4.69) is 0 Å². The highest BCUT2D eigenvalue weighted by Crippen LogP contribution is 2.21. The van der Waals surface area contributed by atoms with Crippen LogP contribution in [0.5, 0.6) is 0 Å². The zero-order valence-corrected chi connectivity index (χ0v) is 8.33. The van der Waals surface area contributed by atoms with Gasteiger partial charge in [-0.05, 0) is 12.8 Å². The van der Waals surface area contributed by atoms with Crippen molar-refractivity contribution >= 4 is 22.2 Å². The van der Waals surface area contributed by atoms with Gasteiger partial charge in [0, 0.05) is 6.54 Å². The zero-order chi connectivity index (χ0) is 8.54. The molecule has 12 heavy (non-hydrogen) atoms. The van der Waals surface area contributed by atoms with Gasteiger partial charge in [0.2, 0.25) is 0 Å². The van der Waals surface area contributed by atoms with E-state index in [1.54, 1.807) is 0 Å². The van der Waals surface area contributed by atoms with Gasteiger partial charge < -0.3 is 10.8 Å². The van der Waals surface area contributed by atoms with Crippen LogP contribution >= 0.6 is 12.4 Å². The Morgan fingerprint density at radius 2 is 1.75 bits per heavy atom. The van der Waals surface area contributed by atoms with Gasteiger partial charge in [-0.25, -0.2) is 8.42 Å². The first-order valence-corrected chi connectivity index (χ1v) is 5.42. The van der Waals surface area contributed by atoms with E-state index in [0.29, 0.717) is 0 Å². The van der Waals surface area contributed by atoms with E-state index < -0.39 is 15.4 Å². The summed E-state index contributed by atoms with van der Waals surface area (Å²) in [5.74, 6) is 0.140. The van der Waals surface area contributed by atoms with E-state index in [4.69, 9.17) is 5.73 Å². The summed E-state index contributed by atoms with van der Waals surface area (Å²) < 4.78 is 21.8. The molecule has 0 aliphatic carbocycles. The Labute approximate surface area is 78.5 Å². The second-order valence-corrected chi connectivity index (χ2v) is 5.38. The molecule has 0 saturated carbocycles. The average molecular weight is 216 g/mol. The standard InChI is InChI=1S/C6H13NO3S.ClH/c7-5-6(8)1-3-11(9,10)4-2-6;/h8H,1-5,7H2;1H. The smallest absolute Gasteiger partial charge is 0.150 e. The van der Waals surface area contributed by atoms with Gasteiger partial charge in [-0.1, -0.05) is 0 Å². The molecule has 1 fully saturated rings. The topological polar surface area (TPSA) is 80.4 Å². The molecule has 0 aromatic rings. The number of halogens is 1. The number of hydrogen-bond acceptors (Lipinski definition) is 4. The molecule has 6 heteroatoms. The molecule has 0 unspecified atom stereocenters. The lowest BCUT2D eigenvalue weighted by molar-refractivity contribution is 0.0393. The number of hydrogen-bond donors (Lipinski definition) is 2. The summed E-state index contributed by atoms with van der Waals surface area (Å²) in [7, 11) is -2.88. The highest BCUT2D eigenvalue weighted by Gasteiger charge is 2.33. The lowest BCUT2D eigenvalue weighted by Gasteiger charge is -2.30. The van der Waals surface area contributed by atoms with Gasteiger partial charge in [0.15, 0.2) is 9.84 Å². The van der Waals surface area contributed by atoms with Gasteiger partial charge in [-0.15, -0.1) is 12.4 Å². The van der Waals surface area contributed by atoms with Crippen LogP contribution in [0.2, 0.25) is 0 Å². The molecule has 0 spiro atoms. The van der Waals surface area contributed by atoms with Crippen molar-refractivity contribution in [2.75, 3.05) is 18.1 Å². The molecular formula is C6H14ClNO3S. The maximum atomic E-state index is 10.9. The van der Waals surface area contributed by atoms with Crippen LogP contribution in [-0.2, 0) is 9.84 Å². The molecule has 0 radical (unpaired) electrons. The molecule has 1 aliphatic rings. The van der Waals surface area contributed by atoms with Crippen molar-refractivity contribution in [3.05, 3.63) is 0 Å². The SMILES string of the molecule is Cl.NCC1(O)CCS(=O)(=O)CC1. The molecular weight excluding hydrogens is 202 g/mol. The van der Waals surface area contributed by atoms with E-state index in [1.165, 1.54) is 0 Å². The minimum absolute atomic E-state index is 0. The molecule has 1 saturated heterocycles. The Kier molecular flexibility index (Phi) is 3.96. The van der Waals surface area contributed by atoms with Crippen molar-refractivity contribution in [2.45, 2.75) is 18.4 Å². The molecule has 0 amide bonds. The normalized spacial score (nSPS) is 25.8. The Hall–Kier alpha value is 0.160. The van der Waals surface area contributed by atoms with Gasteiger partial charge in [-0.3, -0.25) is 0 Å². The van der Waals surface area contributed by atoms with Crippen LogP contribution in [0.3, 0.4) is 0 Å². The Morgan fingerprint density at radius 3 is 2.08 bits per heavy atom. The molecule has 1 aliphatic heterocycles. The highest BCUT2D eigenvalue weighted by atomic mass is 35.5. The summed E-state index contributed by atoms with van der Waals surface area (Å²) in [4.78, 5) is 0. The predicted molar refractivity (Wildman–Crippen MR) is 49.1 cm³/mol. The van der Waals surface area contributed by atoms with Crippen LogP contribution in [0.1, 0.15) is 12.8 Å². The van der Waals surface area contributed by atoms with Gasteiger partial charge in [0.05, 0.1) is 17.1 Å². The maximum absolute atomic E-state index is 10.9. The fourth-order valence-electron chi connectivity index (χ4n) is 1.12. The van der Waals surface area contributed by atoms with Gasteiger partial charge >= 0.3 is 0 Å². The van der Waals surface area contributed by atoms with Crippen LogP contribution in [0.15, 0.2) is 0 Å². The van der Waals surface area contributed by atoms with Crippen molar-refractivity contribution in [1.82, 2.24) is 0 Å². The zero-order valence-electron chi connectivity index (χ0n) is 6.69. The largest absolute Gasteiger partial charge is 0.389 e. The number of aliphatic hydroxyl groups is 1. The predicted octanol–water partition coefficient (Wildman–Crippen LogP) is -0.693. The first kappa shape index (κ1) is 12.2. The van der Waals surface area contributed by atoms with E-state index in [1.807, 2.05) is 0 Å². The van der Waals surface area contributed by atoms with Gasteiger partial charge in [0.1, 0.15) is 0 Å². The van der Waals surface area contributed by atoms with Gasteiger partial charge in [0.25, 0.3) is 0 Å². The molecule has 0 bridgehead atoms. The van der Waals surface area contributed by atoms with E-state index in [-0.39, 0.29) is 43.3 Å². The van der Waals surface area contributed by atoms with Crippen molar-refractivity contribution in [3.63, 3.8) is 0 Å². The number of rotatable bonds is 1. The highest BCUT2D eigenvalue weighted by molar-refractivity contribution is 7.91. The molecule has 1 rings (SSSR count). The summed E-state index contributed by atoms with van der Waals surface area (Å²) in [6.07, 6.45) is 0.567. The van der Waals surface area contributed by atoms with Crippen molar-refractivity contribution in [1.29, 1.82) is 0 Å². The lowest BCUT2D eigenvalue weighted by atomic mass is 9.97. The van der Waals surface area contributed by atoms with E-state index in [0.717, 1.165) is 0 Å². The third-order valence-corrected chi connectivity index (χ3v) is 3.79. The molecule has 0 aromatic heterocycles. The first-order chi connectivity index (χ1) is 4.97. The Balaban J connectivity index is 0.00000121. The van der Waals surface area contributed by atoms with E-state index >= 15 is 0 Å². The molecule has 1 heterocycles. The molecule has 4 nitrogen and oxygen atoms in total. The van der Waals surface area contributed by atoms with Crippen LogP contribution < -0.4 is 5.73 Å². The van der Waals surface area contributed by atoms with Gasteiger partial charge in [-0.2, -0.15) is 0 Å². The quantitative estimate of drug-likeness (QED) is 0.607. The lowest BCUT2D eigenvalue weighted by Crippen LogP contribution is -2.44. The second kappa shape index (κ2) is 3.91. The van der Waals surface area contributed by atoms with Crippen molar-refractivity contribution in [3.8, 4) is 0 Å². The average Bonchev–Trinajstić information content (AvgIpc) is 1.97. The third-order valence-electron chi connectivity index (χ3n) is 2.14. The monoisotopic (exact) mass is 215 g/mol. The van der Waals surface area contributed by atoms with Crippen molar-refractivity contribution in [2.24, 2.45) is 5.73 Å². The molecule has 0 atom stereocenters. The first-order valence-electron chi connectivity index (χ1n) is 3.60.